The predicted molar refractivity (Wildman–Crippen MR) is 221 cm³/mol. The fourth-order valence-corrected chi connectivity index (χ4v) is 9.33. The number of halogens is 4. The molecule has 59 heavy (non-hydrogen) atoms. The molecule has 1 aromatic heterocycles. The summed E-state index contributed by atoms with van der Waals surface area (Å²) in [4.78, 5) is 32.4. The average Bonchev–Trinajstić information content (AvgIpc) is 3.10. The number of aromatic nitrogens is 1. The van der Waals surface area contributed by atoms with Crippen molar-refractivity contribution >= 4 is 47.4 Å². The van der Waals surface area contributed by atoms with Gasteiger partial charge in [0.15, 0.2) is 8.32 Å². The number of rotatable bonds is 10. The van der Waals surface area contributed by atoms with Crippen LogP contribution >= 0.6 is 0 Å². The van der Waals surface area contributed by atoms with E-state index in [1.807, 2.05) is 13.0 Å². The van der Waals surface area contributed by atoms with Gasteiger partial charge in [-0.3, -0.25) is 14.8 Å². The summed E-state index contributed by atoms with van der Waals surface area (Å²) >= 11 is 0. The van der Waals surface area contributed by atoms with Crippen molar-refractivity contribution in [2.24, 2.45) is 0 Å². The van der Waals surface area contributed by atoms with Gasteiger partial charge < -0.3 is 18.8 Å². The molecule has 3 aromatic rings. The number of allylic oxidation sites excluding steroid dienone is 1. The zero-order valence-electron chi connectivity index (χ0n) is 35.0. The molecule has 1 fully saturated rings. The third-order valence-electron chi connectivity index (χ3n) is 10.9. The molecule has 0 saturated carbocycles. The van der Waals surface area contributed by atoms with E-state index in [0.29, 0.717) is 24.8 Å². The molecule has 0 radical (unpaired) electrons. The van der Waals surface area contributed by atoms with E-state index >= 15 is 4.39 Å². The zero-order chi connectivity index (χ0) is 43.7. The average molecular weight is 863 g/mol. The summed E-state index contributed by atoms with van der Waals surface area (Å²) in [6.45, 7) is 17.8. The Bertz CT molecular complexity index is 2180. The Balaban J connectivity index is 1.46. The Labute approximate surface area is 345 Å². The molecule has 1 atom stereocenters. The number of aryl methyl sites for hydroxylation is 1. The highest BCUT2D eigenvalue weighted by atomic mass is 32.2. The highest BCUT2D eigenvalue weighted by molar-refractivity contribution is 7.92. The second kappa shape index (κ2) is 17.2. The minimum Gasteiger partial charge on any atom is -0.444 e. The van der Waals surface area contributed by atoms with Crippen LogP contribution in [-0.4, -0.2) is 69.8 Å². The fraction of sp³-hybridized carbons (Fsp3) is 0.500. The third-order valence-corrected chi connectivity index (χ3v) is 16.8. The van der Waals surface area contributed by atoms with Crippen molar-refractivity contribution < 1.29 is 49.5 Å². The van der Waals surface area contributed by atoms with Crippen LogP contribution < -0.4 is 14.8 Å². The quantitative estimate of drug-likeness (QED) is 0.152. The van der Waals surface area contributed by atoms with Gasteiger partial charge in [0.1, 0.15) is 23.0 Å². The van der Waals surface area contributed by atoms with Crippen LogP contribution in [-0.2, 0) is 19.2 Å². The van der Waals surface area contributed by atoms with Gasteiger partial charge in [-0.05, 0) is 114 Å². The predicted octanol–water partition coefficient (Wildman–Crippen LogP) is 10.6. The zero-order valence-corrected chi connectivity index (χ0v) is 36.8. The number of carbonyl (C=O) groups is 2. The van der Waals surface area contributed by atoms with E-state index in [1.54, 1.807) is 32.9 Å². The van der Waals surface area contributed by atoms with Crippen molar-refractivity contribution in [1.29, 1.82) is 0 Å². The molecule has 2 aliphatic rings. The first kappa shape index (κ1) is 45.6. The van der Waals surface area contributed by atoms with Crippen LogP contribution in [0.2, 0.25) is 18.1 Å². The number of nitrogens with one attached hydrogen (secondary N) is 2. The Morgan fingerprint density at radius 2 is 1.59 bits per heavy atom. The van der Waals surface area contributed by atoms with Gasteiger partial charge in [0.25, 0.3) is 15.9 Å². The lowest BCUT2D eigenvalue weighted by Gasteiger charge is -2.40. The van der Waals surface area contributed by atoms with E-state index in [1.165, 1.54) is 17.0 Å². The summed E-state index contributed by atoms with van der Waals surface area (Å²) in [5.41, 5.74) is 0.967. The molecule has 5 rings (SSSR count). The summed E-state index contributed by atoms with van der Waals surface area (Å²) in [7, 11) is -6.24. The Kier molecular flexibility index (Phi) is 13.3. The van der Waals surface area contributed by atoms with Crippen LogP contribution in [0.15, 0.2) is 59.6 Å². The van der Waals surface area contributed by atoms with Crippen molar-refractivity contribution in [1.82, 2.24) is 9.88 Å². The number of piperidine rings is 1. The Morgan fingerprint density at radius 3 is 2.15 bits per heavy atom. The molecule has 1 unspecified atom stereocenters. The van der Waals surface area contributed by atoms with Crippen LogP contribution in [0, 0.1) is 12.7 Å². The highest BCUT2D eigenvalue weighted by Gasteiger charge is 2.40. The number of pyridine rings is 1. The van der Waals surface area contributed by atoms with Crippen molar-refractivity contribution in [3.8, 4) is 5.75 Å². The molecule has 17 heteroatoms. The number of alkyl halides is 3. The lowest BCUT2D eigenvalue weighted by atomic mass is 9.82. The normalized spacial score (nSPS) is 17.3. The fourth-order valence-electron chi connectivity index (χ4n) is 6.91. The first-order valence-corrected chi connectivity index (χ1v) is 24.0. The number of hydrogen-bond donors (Lipinski definition) is 2. The van der Waals surface area contributed by atoms with E-state index in [9.17, 15) is 31.2 Å². The Hall–Kier alpha value is -4.48. The van der Waals surface area contributed by atoms with Crippen LogP contribution in [0.25, 0.3) is 5.57 Å². The summed E-state index contributed by atoms with van der Waals surface area (Å²) in [6, 6.07) is 9.35. The van der Waals surface area contributed by atoms with E-state index in [0.717, 1.165) is 35.5 Å². The van der Waals surface area contributed by atoms with Crippen LogP contribution in [0.4, 0.5) is 33.9 Å². The number of amides is 2. The monoisotopic (exact) mass is 862 g/mol. The van der Waals surface area contributed by atoms with E-state index in [2.05, 4.69) is 53.6 Å². The summed E-state index contributed by atoms with van der Waals surface area (Å²) in [5, 5.41) is 2.37. The SMILES string of the molecule is Cc1ccc(S(=O)(=O)Nc2ncc(F)c(C3CCN(C(=O)c4ccc(OC(F)(F)F)cc4NC(=O)OC(C)(C)C)CC3)c2C2=CCC(O[Si](C)(C)C(C)(C)C)CC2)cc1. The van der Waals surface area contributed by atoms with Crippen molar-refractivity contribution in [3.63, 3.8) is 0 Å². The molecule has 1 saturated heterocycles. The van der Waals surface area contributed by atoms with Gasteiger partial charge in [-0.1, -0.05) is 44.5 Å². The molecule has 1 aliphatic heterocycles. The number of benzene rings is 2. The standard InChI is InChI=1S/C42H54F4N4O7SSi/c1-26-10-17-31(18-11-26)58(53,54)49-37-36(27-12-14-29(15-13-27)57-59(8,9)41(5,6)7)35(33(43)25-47-37)28-20-22-50(23-21-28)38(51)32-19-16-30(55-42(44,45)46)24-34(32)48-39(52)56-40(2,3)4/h10-12,16-19,24-25,28-29H,13-15,20-23H2,1-9H3,(H,47,49)(H,48,52). The highest BCUT2D eigenvalue weighted by Crippen LogP contribution is 2.44. The second-order valence-electron chi connectivity index (χ2n) is 17.6. The van der Waals surface area contributed by atoms with E-state index in [4.69, 9.17) is 9.16 Å². The largest absolute Gasteiger partial charge is 0.573 e. The molecule has 2 N–H and O–H groups in total. The number of sulfonamides is 1. The molecule has 0 spiro atoms. The third kappa shape index (κ3) is 11.6. The lowest BCUT2D eigenvalue weighted by molar-refractivity contribution is -0.274. The number of ether oxygens (including phenoxy) is 2. The maximum atomic E-state index is 16.3. The van der Waals surface area contributed by atoms with Crippen molar-refractivity contribution in [2.75, 3.05) is 23.1 Å². The second-order valence-corrected chi connectivity index (χ2v) is 24.1. The summed E-state index contributed by atoms with van der Waals surface area (Å²) < 4.78 is 102. The topological polar surface area (TPSA) is 136 Å². The number of likely N-dealkylation sites (tertiary alicyclic amines) is 1. The van der Waals surface area contributed by atoms with Gasteiger partial charge in [0, 0.05) is 36.4 Å². The number of hydrogen-bond acceptors (Lipinski definition) is 8. The number of anilines is 2. The van der Waals surface area contributed by atoms with E-state index < -0.39 is 59.8 Å². The molecular formula is C42H54F4N4O7SSi. The first-order valence-electron chi connectivity index (χ1n) is 19.6. The maximum absolute atomic E-state index is 16.3. The molecule has 1 aliphatic carbocycles. The van der Waals surface area contributed by atoms with Crippen molar-refractivity contribution in [2.45, 2.75) is 128 Å². The number of carbonyl (C=O) groups excluding carboxylic acids is 2. The van der Waals surface area contributed by atoms with Crippen molar-refractivity contribution in [3.05, 3.63) is 82.8 Å². The molecule has 2 aromatic carbocycles. The molecule has 11 nitrogen and oxygen atoms in total. The smallest absolute Gasteiger partial charge is 0.444 e. The van der Waals surface area contributed by atoms with Crippen LogP contribution in [0.1, 0.15) is 107 Å². The van der Waals surface area contributed by atoms with Gasteiger partial charge in [-0.25, -0.2) is 22.6 Å². The lowest BCUT2D eigenvalue weighted by Crippen LogP contribution is -2.44. The van der Waals surface area contributed by atoms with Crippen LogP contribution in [0.5, 0.6) is 5.75 Å². The molecule has 2 amide bonds. The maximum Gasteiger partial charge on any atom is 0.573 e. The molecule has 0 bridgehead atoms. The number of nitrogens with zero attached hydrogens (tertiary/aromatic N) is 2. The summed E-state index contributed by atoms with van der Waals surface area (Å²) in [6.07, 6.45) is -0.893. The molecule has 322 valence electrons. The minimum atomic E-state index is -5.02. The van der Waals surface area contributed by atoms with Gasteiger partial charge >= 0.3 is 12.5 Å². The van der Waals surface area contributed by atoms with Gasteiger partial charge in [-0.15, -0.1) is 13.2 Å². The van der Waals surface area contributed by atoms with E-state index in [-0.39, 0.29) is 64.6 Å². The van der Waals surface area contributed by atoms with Gasteiger partial charge in [0.2, 0.25) is 0 Å². The first-order chi connectivity index (χ1) is 27.2. The molecular weight excluding hydrogens is 809 g/mol. The minimum absolute atomic E-state index is 0.00449. The van der Waals surface area contributed by atoms with Gasteiger partial charge in [0.05, 0.1) is 22.3 Å². The van der Waals surface area contributed by atoms with Gasteiger partial charge in [-0.2, -0.15) is 0 Å². The molecule has 2 heterocycles. The Morgan fingerprint density at radius 1 is 0.949 bits per heavy atom. The van der Waals surface area contributed by atoms with Crippen LogP contribution in [0.3, 0.4) is 0 Å². The summed E-state index contributed by atoms with van der Waals surface area (Å²) in [5.74, 6) is -2.33.